The van der Waals surface area contributed by atoms with Crippen LogP contribution in [0.15, 0.2) is 18.2 Å². The number of rotatable bonds is 4. The Labute approximate surface area is 114 Å². The third-order valence-electron chi connectivity index (χ3n) is 3.17. The van der Waals surface area contributed by atoms with Crippen LogP contribution in [0.3, 0.4) is 0 Å². The minimum atomic E-state index is -3.46. The summed E-state index contributed by atoms with van der Waals surface area (Å²) in [4.78, 5) is 0. The summed E-state index contributed by atoms with van der Waals surface area (Å²) in [5, 5.41) is 0. The van der Waals surface area contributed by atoms with Gasteiger partial charge in [0, 0.05) is 17.8 Å². The average molecular weight is 283 g/mol. The van der Waals surface area contributed by atoms with Crippen LogP contribution >= 0.6 is 0 Å². The lowest BCUT2D eigenvalue weighted by molar-refractivity contribution is 0.495. The van der Waals surface area contributed by atoms with E-state index in [0.717, 1.165) is 36.1 Å². The smallest absolute Gasteiger partial charge is 0.277 e. The number of nitrogen functional groups attached to an aromatic ring is 1. The predicted molar refractivity (Wildman–Crippen MR) is 76.9 cm³/mol. The summed E-state index contributed by atoms with van der Waals surface area (Å²) in [5.74, 6) is 0. The highest BCUT2D eigenvalue weighted by Crippen LogP contribution is 2.31. The average Bonchev–Trinajstić information content (AvgIpc) is 2.26. The van der Waals surface area contributed by atoms with Crippen LogP contribution in [0.5, 0.6) is 0 Å². The third-order valence-corrected chi connectivity index (χ3v) is 4.55. The first-order chi connectivity index (χ1) is 8.87. The quantitative estimate of drug-likeness (QED) is 0.732. The Bertz CT molecular complexity index is 555. The van der Waals surface area contributed by atoms with Crippen molar-refractivity contribution in [3.8, 4) is 0 Å². The number of fused-ring (bicyclic) bond motifs is 1. The molecule has 1 atom stereocenters. The van der Waals surface area contributed by atoms with E-state index in [1.807, 2.05) is 18.2 Å². The summed E-state index contributed by atoms with van der Waals surface area (Å²) in [5.41, 5.74) is 8.67. The Hall–Kier alpha value is -1.11. The van der Waals surface area contributed by atoms with Crippen LogP contribution in [0, 0.1) is 0 Å². The van der Waals surface area contributed by atoms with E-state index in [-0.39, 0.29) is 12.1 Å². The van der Waals surface area contributed by atoms with Crippen molar-refractivity contribution in [1.29, 1.82) is 0 Å². The molecule has 4 N–H and O–H groups in total. The van der Waals surface area contributed by atoms with Crippen molar-refractivity contribution in [2.45, 2.75) is 45.2 Å². The van der Waals surface area contributed by atoms with E-state index in [9.17, 15) is 8.42 Å². The zero-order chi connectivity index (χ0) is 14.0. The Kier molecular flexibility index (Phi) is 4.13. The molecule has 0 fully saturated rings. The fourth-order valence-corrected chi connectivity index (χ4v) is 3.80. The highest BCUT2D eigenvalue weighted by molar-refractivity contribution is 7.87. The van der Waals surface area contributed by atoms with Crippen molar-refractivity contribution in [3.63, 3.8) is 0 Å². The SMILES string of the molecule is CC(C)NS(=O)(=O)NC1CCCc2cc(N)ccc21. The van der Waals surface area contributed by atoms with Gasteiger partial charge in [0.2, 0.25) is 0 Å². The number of anilines is 1. The molecule has 0 spiro atoms. The lowest BCUT2D eigenvalue weighted by atomic mass is 9.88. The van der Waals surface area contributed by atoms with Gasteiger partial charge in [0.15, 0.2) is 0 Å². The van der Waals surface area contributed by atoms with Crippen LogP contribution in [0.2, 0.25) is 0 Å². The van der Waals surface area contributed by atoms with Gasteiger partial charge in [-0.25, -0.2) is 0 Å². The molecular formula is C13H21N3O2S. The summed E-state index contributed by atoms with van der Waals surface area (Å²) in [7, 11) is -3.46. The second kappa shape index (κ2) is 5.48. The number of aryl methyl sites for hydroxylation is 1. The molecular weight excluding hydrogens is 262 g/mol. The van der Waals surface area contributed by atoms with Crippen LogP contribution < -0.4 is 15.2 Å². The van der Waals surface area contributed by atoms with Gasteiger partial charge in [0.05, 0.1) is 0 Å². The molecule has 0 saturated heterocycles. The fourth-order valence-electron chi connectivity index (χ4n) is 2.49. The highest BCUT2D eigenvalue weighted by Gasteiger charge is 2.24. The van der Waals surface area contributed by atoms with Gasteiger partial charge in [-0.2, -0.15) is 17.9 Å². The van der Waals surface area contributed by atoms with E-state index in [1.165, 1.54) is 0 Å². The van der Waals surface area contributed by atoms with Gasteiger partial charge in [0.1, 0.15) is 0 Å². The molecule has 0 bridgehead atoms. The van der Waals surface area contributed by atoms with Crippen molar-refractivity contribution in [2.75, 3.05) is 5.73 Å². The molecule has 0 aliphatic heterocycles. The van der Waals surface area contributed by atoms with Crippen molar-refractivity contribution >= 4 is 15.9 Å². The Morgan fingerprint density at radius 3 is 2.79 bits per heavy atom. The molecule has 1 aromatic rings. The normalized spacial score (nSPS) is 19.4. The molecule has 6 heteroatoms. The molecule has 0 heterocycles. The fraction of sp³-hybridized carbons (Fsp3) is 0.538. The van der Waals surface area contributed by atoms with Crippen molar-refractivity contribution in [2.24, 2.45) is 0 Å². The number of nitrogens with two attached hydrogens (primary N) is 1. The second-order valence-corrected chi connectivity index (χ2v) is 6.78. The van der Waals surface area contributed by atoms with Gasteiger partial charge in [-0.15, -0.1) is 0 Å². The van der Waals surface area contributed by atoms with E-state index in [1.54, 1.807) is 13.8 Å². The number of hydrogen-bond donors (Lipinski definition) is 3. The zero-order valence-electron chi connectivity index (χ0n) is 11.3. The van der Waals surface area contributed by atoms with Gasteiger partial charge in [-0.3, -0.25) is 0 Å². The molecule has 0 saturated carbocycles. The maximum absolute atomic E-state index is 11.9. The molecule has 2 rings (SSSR count). The largest absolute Gasteiger partial charge is 0.399 e. The van der Waals surface area contributed by atoms with Gasteiger partial charge in [-0.1, -0.05) is 6.07 Å². The van der Waals surface area contributed by atoms with E-state index < -0.39 is 10.2 Å². The van der Waals surface area contributed by atoms with Crippen molar-refractivity contribution < 1.29 is 8.42 Å². The molecule has 0 radical (unpaired) electrons. The van der Waals surface area contributed by atoms with Crippen LogP contribution in [0.25, 0.3) is 0 Å². The maximum Gasteiger partial charge on any atom is 0.277 e. The molecule has 1 aromatic carbocycles. The number of hydrogen-bond acceptors (Lipinski definition) is 3. The standard InChI is InChI=1S/C13H21N3O2S/c1-9(2)15-19(17,18)16-13-5-3-4-10-8-11(14)6-7-12(10)13/h6-9,13,15-16H,3-5,14H2,1-2H3. The molecule has 5 nitrogen and oxygen atoms in total. The third kappa shape index (κ3) is 3.68. The summed E-state index contributed by atoms with van der Waals surface area (Å²) >= 11 is 0. The maximum atomic E-state index is 11.9. The number of benzene rings is 1. The first-order valence-corrected chi connectivity index (χ1v) is 8.03. The summed E-state index contributed by atoms with van der Waals surface area (Å²) in [6, 6.07) is 5.40. The monoisotopic (exact) mass is 283 g/mol. The van der Waals surface area contributed by atoms with Crippen LogP contribution in [-0.4, -0.2) is 14.5 Å². The summed E-state index contributed by atoms with van der Waals surface area (Å²) in [6.07, 6.45) is 2.73. The molecule has 1 unspecified atom stereocenters. The van der Waals surface area contributed by atoms with E-state index in [2.05, 4.69) is 9.44 Å². The minimum Gasteiger partial charge on any atom is -0.399 e. The Morgan fingerprint density at radius 2 is 2.11 bits per heavy atom. The molecule has 1 aliphatic rings. The molecule has 19 heavy (non-hydrogen) atoms. The number of nitrogens with one attached hydrogen (secondary N) is 2. The Morgan fingerprint density at radius 1 is 1.37 bits per heavy atom. The predicted octanol–water partition coefficient (Wildman–Crippen LogP) is 1.48. The first kappa shape index (κ1) is 14.3. The molecule has 0 amide bonds. The van der Waals surface area contributed by atoms with E-state index >= 15 is 0 Å². The summed E-state index contributed by atoms with van der Waals surface area (Å²) < 4.78 is 29.1. The van der Waals surface area contributed by atoms with Crippen LogP contribution in [0.1, 0.15) is 43.9 Å². The Balaban J connectivity index is 2.20. The second-order valence-electron chi connectivity index (χ2n) is 5.30. The van der Waals surface area contributed by atoms with Gasteiger partial charge in [-0.05, 0) is 56.4 Å². The van der Waals surface area contributed by atoms with E-state index in [4.69, 9.17) is 5.73 Å². The van der Waals surface area contributed by atoms with Gasteiger partial charge in [0.25, 0.3) is 10.2 Å². The van der Waals surface area contributed by atoms with Gasteiger partial charge < -0.3 is 5.73 Å². The van der Waals surface area contributed by atoms with Crippen molar-refractivity contribution in [3.05, 3.63) is 29.3 Å². The zero-order valence-corrected chi connectivity index (χ0v) is 12.1. The van der Waals surface area contributed by atoms with Gasteiger partial charge >= 0.3 is 0 Å². The molecule has 1 aliphatic carbocycles. The first-order valence-electron chi connectivity index (χ1n) is 6.55. The van der Waals surface area contributed by atoms with Crippen LogP contribution in [0.4, 0.5) is 5.69 Å². The minimum absolute atomic E-state index is 0.119. The molecule has 106 valence electrons. The highest BCUT2D eigenvalue weighted by atomic mass is 32.2. The molecule has 0 aromatic heterocycles. The van der Waals surface area contributed by atoms with E-state index in [0.29, 0.717) is 0 Å². The van der Waals surface area contributed by atoms with Crippen LogP contribution in [-0.2, 0) is 16.6 Å². The topological polar surface area (TPSA) is 84.2 Å². The summed E-state index contributed by atoms with van der Waals surface area (Å²) in [6.45, 7) is 3.60. The lowest BCUT2D eigenvalue weighted by Crippen LogP contribution is -2.42. The lowest BCUT2D eigenvalue weighted by Gasteiger charge is -2.27. The van der Waals surface area contributed by atoms with Crippen molar-refractivity contribution in [1.82, 2.24) is 9.44 Å².